The maximum absolute atomic E-state index is 13.0. The summed E-state index contributed by atoms with van der Waals surface area (Å²) < 4.78 is 5.47. The first kappa shape index (κ1) is 18.5. The molecule has 5 heteroatoms. The quantitative estimate of drug-likeness (QED) is 0.559. The van der Waals surface area contributed by atoms with E-state index in [1.165, 1.54) is 4.90 Å². The standard InChI is InChI=1S/C22H22N2O3/c1-4-15-24-21(25)19(16-11-13-18(14-12-16)27-5-2)20(22(24)26)23(3)17-9-7-6-8-10-17/h4,6-14H,1,5,15H2,2-3H3. The van der Waals surface area contributed by atoms with Gasteiger partial charge in [-0.3, -0.25) is 14.5 Å². The number of carbonyl (C=O) groups excluding carboxylic acids is 2. The molecule has 0 unspecified atom stereocenters. The molecule has 0 radical (unpaired) electrons. The van der Waals surface area contributed by atoms with Crippen LogP contribution in [-0.4, -0.2) is 36.9 Å². The average Bonchev–Trinajstić information content (AvgIpc) is 2.94. The average molecular weight is 362 g/mol. The summed E-state index contributed by atoms with van der Waals surface area (Å²) in [4.78, 5) is 29.0. The molecule has 3 rings (SSSR count). The summed E-state index contributed by atoms with van der Waals surface area (Å²) in [5.41, 5.74) is 2.26. The van der Waals surface area contributed by atoms with Crippen LogP contribution in [0.5, 0.6) is 5.75 Å². The first-order valence-corrected chi connectivity index (χ1v) is 8.81. The van der Waals surface area contributed by atoms with Gasteiger partial charge in [-0.05, 0) is 36.8 Å². The van der Waals surface area contributed by atoms with Gasteiger partial charge in [-0.2, -0.15) is 0 Å². The zero-order valence-electron chi connectivity index (χ0n) is 15.5. The van der Waals surface area contributed by atoms with Gasteiger partial charge in [-0.25, -0.2) is 0 Å². The van der Waals surface area contributed by atoms with Crippen molar-refractivity contribution in [3.63, 3.8) is 0 Å². The molecule has 2 aromatic carbocycles. The smallest absolute Gasteiger partial charge is 0.278 e. The first-order chi connectivity index (χ1) is 13.1. The lowest BCUT2D eigenvalue weighted by atomic mass is 10.0. The molecule has 138 valence electrons. The van der Waals surface area contributed by atoms with Gasteiger partial charge in [0.05, 0.1) is 12.2 Å². The van der Waals surface area contributed by atoms with Crippen molar-refractivity contribution in [3.05, 3.63) is 78.5 Å². The van der Waals surface area contributed by atoms with Gasteiger partial charge in [-0.1, -0.05) is 36.4 Å². The van der Waals surface area contributed by atoms with Crippen molar-refractivity contribution < 1.29 is 14.3 Å². The van der Waals surface area contributed by atoms with Gasteiger partial charge in [-0.15, -0.1) is 6.58 Å². The Hall–Kier alpha value is -3.34. The topological polar surface area (TPSA) is 49.9 Å². The lowest BCUT2D eigenvalue weighted by molar-refractivity contribution is -0.136. The molecule has 0 saturated carbocycles. The van der Waals surface area contributed by atoms with Crippen LogP contribution in [0.3, 0.4) is 0 Å². The molecule has 0 bridgehead atoms. The van der Waals surface area contributed by atoms with Gasteiger partial charge in [0.15, 0.2) is 0 Å². The van der Waals surface area contributed by atoms with Crippen molar-refractivity contribution in [2.24, 2.45) is 0 Å². The predicted molar refractivity (Wildman–Crippen MR) is 106 cm³/mol. The van der Waals surface area contributed by atoms with Crippen LogP contribution >= 0.6 is 0 Å². The number of imide groups is 1. The van der Waals surface area contributed by atoms with Crippen LogP contribution < -0.4 is 9.64 Å². The van der Waals surface area contributed by atoms with Crippen molar-refractivity contribution in [2.75, 3.05) is 25.1 Å². The zero-order chi connectivity index (χ0) is 19.4. The molecule has 0 N–H and O–H groups in total. The molecule has 27 heavy (non-hydrogen) atoms. The second-order valence-electron chi connectivity index (χ2n) is 6.09. The van der Waals surface area contributed by atoms with E-state index in [9.17, 15) is 9.59 Å². The highest BCUT2D eigenvalue weighted by atomic mass is 16.5. The minimum Gasteiger partial charge on any atom is -0.494 e. The van der Waals surface area contributed by atoms with E-state index >= 15 is 0 Å². The number of hydrogen-bond acceptors (Lipinski definition) is 4. The number of carbonyl (C=O) groups is 2. The van der Waals surface area contributed by atoms with Gasteiger partial charge >= 0.3 is 0 Å². The summed E-state index contributed by atoms with van der Waals surface area (Å²) in [6, 6.07) is 16.7. The van der Waals surface area contributed by atoms with Crippen LogP contribution in [-0.2, 0) is 9.59 Å². The van der Waals surface area contributed by atoms with Crippen molar-refractivity contribution in [2.45, 2.75) is 6.92 Å². The van der Waals surface area contributed by atoms with Gasteiger partial charge in [0.1, 0.15) is 11.4 Å². The molecule has 5 nitrogen and oxygen atoms in total. The molecular weight excluding hydrogens is 340 g/mol. The van der Waals surface area contributed by atoms with Gasteiger partial charge in [0, 0.05) is 19.3 Å². The summed E-state index contributed by atoms with van der Waals surface area (Å²) in [5, 5.41) is 0. The second-order valence-corrected chi connectivity index (χ2v) is 6.09. The fourth-order valence-electron chi connectivity index (χ4n) is 3.09. The van der Waals surface area contributed by atoms with Gasteiger partial charge in [0.2, 0.25) is 0 Å². The number of likely N-dealkylation sites (N-methyl/N-ethyl adjacent to an activating group) is 1. The van der Waals surface area contributed by atoms with E-state index in [0.29, 0.717) is 23.4 Å². The van der Waals surface area contributed by atoms with E-state index in [1.807, 2.05) is 49.4 Å². The zero-order valence-corrected chi connectivity index (χ0v) is 15.5. The van der Waals surface area contributed by atoms with E-state index < -0.39 is 0 Å². The van der Waals surface area contributed by atoms with E-state index in [-0.39, 0.29) is 18.4 Å². The fourth-order valence-corrected chi connectivity index (χ4v) is 3.09. The monoisotopic (exact) mass is 362 g/mol. The third-order valence-electron chi connectivity index (χ3n) is 4.39. The second kappa shape index (κ2) is 7.91. The molecule has 0 aliphatic carbocycles. The predicted octanol–water partition coefficient (Wildman–Crippen LogP) is 3.49. The minimum absolute atomic E-state index is 0.171. The number of nitrogens with zero attached hydrogens (tertiary/aromatic N) is 2. The number of para-hydroxylation sites is 1. The highest BCUT2D eigenvalue weighted by molar-refractivity contribution is 6.36. The summed E-state index contributed by atoms with van der Waals surface area (Å²) in [6.07, 6.45) is 1.55. The van der Waals surface area contributed by atoms with E-state index in [0.717, 1.165) is 11.4 Å². The Labute approximate surface area is 159 Å². The van der Waals surface area contributed by atoms with Crippen LogP contribution in [0, 0.1) is 0 Å². The Morgan fingerprint density at radius 3 is 2.30 bits per heavy atom. The number of ether oxygens (including phenoxy) is 1. The van der Waals surface area contributed by atoms with Crippen molar-refractivity contribution in [3.8, 4) is 5.75 Å². The molecule has 1 aliphatic rings. The van der Waals surface area contributed by atoms with Gasteiger partial charge < -0.3 is 9.64 Å². The summed E-state index contributed by atoms with van der Waals surface area (Å²) >= 11 is 0. The van der Waals surface area contributed by atoms with E-state index in [1.54, 1.807) is 30.2 Å². The largest absolute Gasteiger partial charge is 0.494 e. The van der Waals surface area contributed by atoms with Crippen LogP contribution in [0.4, 0.5) is 5.69 Å². The maximum Gasteiger partial charge on any atom is 0.278 e. The van der Waals surface area contributed by atoms with Gasteiger partial charge in [0.25, 0.3) is 11.8 Å². The summed E-state index contributed by atoms with van der Waals surface area (Å²) in [7, 11) is 1.79. The molecule has 2 amide bonds. The Kier molecular flexibility index (Phi) is 5.41. The molecule has 2 aromatic rings. The Morgan fingerprint density at radius 1 is 1.04 bits per heavy atom. The van der Waals surface area contributed by atoms with Crippen molar-refractivity contribution >= 4 is 23.1 Å². The number of benzene rings is 2. The van der Waals surface area contributed by atoms with Crippen LogP contribution in [0.2, 0.25) is 0 Å². The van der Waals surface area contributed by atoms with Crippen LogP contribution in [0.1, 0.15) is 12.5 Å². The lowest BCUT2D eigenvalue weighted by Gasteiger charge is -2.21. The fraction of sp³-hybridized carbons (Fsp3) is 0.182. The first-order valence-electron chi connectivity index (χ1n) is 8.81. The Bertz CT molecular complexity index is 886. The number of anilines is 1. The van der Waals surface area contributed by atoms with E-state index in [4.69, 9.17) is 4.74 Å². The molecule has 1 heterocycles. The number of hydrogen-bond donors (Lipinski definition) is 0. The molecule has 0 aromatic heterocycles. The molecular formula is C22H22N2O3. The highest BCUT2D eigenvalue weighted by Gasteiger charge is 2.40. The molecule has 0 spiro atoms. The Morgan fingerprint density at radius 2 is 1.70 bits per heavy atom. The highest BCUT2D eigenvalue weighted by Crippen LogP contribution is 2.33. The van der Waals surface area contributed by atoms with Crippen LogP contribution in [0.25, 0.3) is 5.57 Å². The third-order valence-corrected chi connectivity index (χ3v) is 4.39. The summed E-state index contributed by atoms with van der Waals surface area (Å²) in [6.45, 7) is 6.30. The van der Waals surface area contributed by atoms with Crippen molar-refractivity contribution in [1.29, 1.82) is 0 Å². The number of amides is 2. The van der Waals surface area contributed by atoms with Crippen LogP contribution in [0.15, 0.2) is 72.9 Å². The minimum atomic E-state index is -0.324. The normalized spacial score (nSPS) is 13.9. The van der Waals surface area contributed by atoms with Crippen molar-refractivity contribution in [1.82, 2.24) is 4.90 Å². The molecule has 0 saturated heterocycles. The third kappa shape index (κ3) is 3.49. The lowest BCUT2D eigenvalue weighted by Crippen LogP contribution is -2.34. The Balaban J connectivity index is 2.10. The van der Waals surface area contributed by atoms with E-state index in [2.05, 4.69) is 6.58 Å². The number of rotatable bonds is 7. The maximum atomic E-state index is 13.0. The molecule has 0 fully saturated rings. The SMILES string of the molecule is C=CCN1C(=O)C(c2ccc(OCC)cc2)=C(N(C)c2ccccc2)C1=O. The summed E-state index contributed by atoms with van der Waals surface area (Å²) in [5.74, 6) is 0.0801. The molecule has 1 aliphatic heterocycles. The molecule has 0 atom stereocenters.